The summed E-state index contributed by atoms with van der Waals surface area (Å²) in [6.45, 7) is 1.74. The summed E-state index contributed by atoms with van der Waals surface area (Å²) in [7, 11) is 0. The highest BCUT2D eigenvalue weighted by Crippen LogP contribution is 2.24. The van der Waals surface area contributed by atoms with E-state index in [4.69, 9.17) is 18.0 Å². The van der Waals surface area contributed by atoms with E-state index < -0.39 is 0 Å². The van der Waals surface area contributed by atoms with Crippen molar-refractivity contribution in [3.63, 3.8) is 0 Å². The van der Waals surface area contributed by atoms with E-state index in [2.05, 4.69) is 16.2 Å². The average molecular weight is 259 g/mol. The molecule has 0 saturated heterocycles. The Morgan fingerprint density at radius 2 is 2.11 bits per heavy atom. The third-order valence-electron chi connectivity index (χ3n) is 2.59. The monoisotopic (exact) mass is 258 g/mol. The molecule has 1 aromatic carbocycles. The average Bonchev–Trinajstić information content (AvgIpc) is 2.39. The van der Waals surface area contributed by atoms with Crippen LogP contribution in [-0.4, -0.2) is 16.9 Å². The van der Waals surface area contributed by atoms with Crippen molar-refractivity contribution in [1.82, 2.24) is 10.3 Å². The molecule has 1 atom stereocenters. The first-order chi connectivity index (χ1) is 8.63. The molecule has 0 radical (unpaired) electrons. The van der Waals surface area contributed by atoms with Gasteiger partial charge in [-0.15, -0.1) is 6.42 Å². The standard InChI is InChI=1S/C14H11ClN2O/c1-3-9(2)17-14(18)12-8-16-13(15)11-7-5-4-6-10(11)12/h1,4-9H,2H3,(H,17,18). The summed E-state index contributed by atoms with van der Waals surface area (Å²) in [5.74, 6) is 2.20. The molecule has 90 valence electrons. The van der Waals surface area contributed by atoms with E-state index in [1.165, 1.54) is 6.20 Å². The number of nitrogens with zero attached hydrogens (tertiary/aromatic N) is 1. The Hall–Kier alpha value is -2.05. The lowest BCUT2D eigenvalue weighted by Gasteiger charge is -2.10. The zero-order chi connectivity index (χ0) is 13.1. The molecular weight excluding hydrogens is 248 g/mol. The van der Waals surface area contributed by atoms with Gasteiger partial charge >= 0.3 is 0 Å². The van der Waals surface area contributed by atoms with Crippen LogP contribution in [-0.2, 0) is 0 Å². The van der Waals surface area contributed by atoms with E-state index in [0.717, 1.165) is 10.8 Å². The molecule has 4 heteroatoms. The molecule has 0 aliphatic heterocycles. The molecule has 0 bridgehead atoms. The summed E-state index contributed by atoms with van der Waals surface area (Å²) in [6.07, 6.45) is 6.70. The first kappa shape index (κ1) is 12.4. The van der Waals surface area contributed by atoms with Gasteiger partial charge in [-0.05, 0) is 12.3 Å². The van der Waals surface area contributed by atoms with E-state index in [0.29, 0.717) is 10.7 Å². The SMILES string of the molecule is C#CC(C)NC(=O)c1cnc(Cl)c2ccccc12. The van der Waals surface area contributed by atoms with Crippen LogP contribution in [0.2, 0.25) is 5.15 Å². The number of carbonyl (C=O) groups is 1. The Balaban J connectivity index is 2.49. The van der Waals surface area contributed by atoms with Crippen molar-refractivity contribution >= 4 is 28.3 Å². The van der Waals surface area contributed by atoms with Gasteiger partial charge in [-0.25, -0.2) is 4.98 Å². The zero-order valence-electron chi connectivity index (χ0n) is 9.77. The maximum absolute atomic E-state index is 12.0. The Labute approximate surface area is 110 Å². The minimum absolute atomic E-state index is 0.249. The fourth-order valence-corrected chi connectivity index (χ4v) is 1.87. The topological polar surface area (TPSA) is 42.0 Å². The quantitative estimate of drug-likeness (QED) is 0.665. The van der Waals surface area contributed by atoms with Crippen LogP contribution in [0.3, 0.4) is 0 Å². The zero-order valence-corrected chi connectivity index (χ0v) is 10.5. The van der Waals surface area contributed by atoms with Gasteiger partial charge in [-0.2, -0.15) is 0 Å². The fourth-order valence-electron chi connectivity index (χ4n) is 1.66. The van der Waals surface area contributed by atoms with Crippen LogP contribution < -0.4 is 5.32 Å². The highest BCUT2D eigenvalue weighted by molar-refractivity contribution is 6.34. The summed E-state index contributed by atoms with van der Waals surface area (Å²) in [4.78, 5) is 16.1. The number of nitrogens with one attached hydrogen (secondary N) is 1. The van der Waals surface area contributed by atoms with Crippen molar-refractivity contribution < 1.29 is 4.79 Å². The van der Waals surface area contributed by atoms with Crippen LogP contribution >= 0.6 is 11.6 Å². The van der Waals surface area contributed by atoms with Gasteiger partial charge < -0.3 is 5.32 Å². The minimum Gasteiger partial charge on any atom is -0.339 e. The van der Waals surface area contributed by atoms with Crippen molar-refractivity contribution in [2.45, 2.75) is 13.0 Å². The summed E-state index contributed by atoms with van der Waals surface area (Å²) in [5, 5.41) is 4.59. The molecule has 3 nitrogen and oxygen atoms in total. The Morgan fingerprint density at radius 1 is 1.44 bits per heavy atom. The van der Waals surface area contributed by atoms with Gasteiger partial charge in [0.1, 0.15) is 5.15 Å². The van der Waals surface area contributed by atoms with Crippen molar-refractivity contribution in [3.05, 3.63) is 41.2 Å². The van der Waals surface area contributed by atoms with Gasteiger partial charge in [-0.3, -0.25) is 4.79 Å². The van der Waals surface area contributed by atoms with E-state index >= 15 is 0 Å². The third kappa shape index (κ3) is 2.29. The second-order valence-corrected chi connectivity index (χ2v) is 4.23. The van der Waals surface area contributed by atoms with E-state index in [9.17, 15) is 4.79 Å². The van der Waals surface area contributed by atoms with Gasteiger partial charge in [0.05, 0.1) is 11.6 Å². The Bertz CT molecular complexity index is 646. The lowest BCUT2D eigenvalue weighted by atomic mass is 10.1. The molecule has 0 aliphatic carbocycles. The predicted molar refractivity (Wildman–Crippen MR) is 72.5 cm³/mol. The number of hydrogen-bond donors (Lipinski definition) is 1. The van der Waals surface area contributed by atoms with Crippen molar-refractivity contribution in [3.8, 4) is 12.3 Å². The third-order valence-corrected chi connectivity index (χ3v) is 2.89. The highest BCUT2D eigenvalue weighted by atomic mass is 35.5. The van der Waals surface area contributed by atoms with Crippen molar-refractivity contribution in [1.29, 1.82) is 0 Å². The lowest BCUT2D eigenvalue weighted by molar-refractivity contribution is 0.0949. The molecule has 1 unspecified atom stereocenters. The summed E-state index contributed by atoms with van der Waals surface area (Å²) >= 11 is 5.99. The molecule has 18 heavy (non-hydrogen) atoms. The molecule has 0 aliphatic rings. The molecule has 2 rings (SSSR count). The number of terminal acetylenes is 1. The van der Waals surface area contributed by atoms with E-state index in [-0.39, 0.29) is 11.9 Å². The molecule has 1 N–H and O–H groups in total. The van der Waals surface area contributed by atoms with E-state index in [1.54, 1.807) is 6.92 Å². The lowest BCUT2D eigenvalue weighted by Crippen LogP contribution is -2.31. The molecule has 2 aromatic rings. The molecule has 0 spiro atoms. The summed E-state index contributed by atoms with van der Waals surface area (Å²) < 4.78 is 0. The van der Waals surface area contributed by atoms with Crippen LogP contribution in [0.4, 0.5) is 0 Å². The smallest absolute Gasteiger partial charge is 0.254 e. The summed E-state index contributed by atoms with van der Waals surface area (Å²) in [6, 6.07) is 7.03. The number of halogens is 1. The maximum atomic E-state index is 12.0. The number of carbonyl (C=O) groups excluding carboxylic acids is 1. The molecule has 1 amide bonds. The number of fused-ring (bicyclic) bond motifs is 1. The molecular formula is C14H11ClN2O. The van der Waals surface area contributed by atoms with Gasteiger partial charge in [0, 0.05) is 11.6 Å². The number of amides is 1. The normalized spacial score (nSPS) is 11.8. The predicted octanol–water partition coefficient (Wildman–Crippen LogP) is 2.64. The van der Waals surface area contributed by atoms with Gasteiger partial charge in [0.2, 0.25) is 0 Å². The number of hydrogen-bond acceptors (Lipinski definition) is 2. The first-order valence-corrected chi connectivity index (χ1v) is 5.81. The van der Waals surface area contributed by atoms with Gasteiger partial charge in [-0.1, -0.05) is 41.8 Å². The van der Waals surface area contributed by atoms with Crippen molar-refractivity contribution in [2.24, 2.45) is 0 Å². The first-order valence-electron chi connectivity index (χ1n) is 5.43. The number of pyridine rings is 1. The second-order valence-electron chi connectivity index (χ2n) is 3.87. The number of benzene rings is 1. The Morgan fingerprint density at radius 3 is 2.78 bits per heavy atom. The summed E-state index contributed by atoms with van der Waals surface area (Å²) in [5.41, 5.74) is 0.470. The fraction of sp³-hybridized carbons (Fsp3) is 0.143. The molecule has 1 heterocycles. The molecule has 0 saturated carbocycles. The minimum atomic E-state index is -0.327. The van der Waals surface area contributed by atoms with Gasteiger partial charge in [0.25, 0.3) is 5.91 Å². The molecule has 1 aromatic heterocycles. The number of rotatable bonds is 2. The molecule has 0 fully saturated rings. The van der Waals surface area contributed by atoms with Crippen LogP contribution in [0.25, 0.3) is 10.8 Å². The van der Waals surface area contributed by atoms with Crippen LogP contribution in [0, 0.1) is 12.3 Å². The van der Waals surface area contributed by atoms with Crippen LogP contribution in [0.1, 0.15) is 17.3 Å². The maximum Gasteiger partial charge on any atom is 0.254 e. The number of aromatic nitrogens is 1. The van der Waals surface area contributed by atoms with Crippen LogP contribution in [0.15, 0.2) is 30.5 Å². The largest absolute Gasteiger partial charge is 0.339 e. The second kappa shape index (κ2) is 5.07. The highest BCUT2D eigenvalue weighted by Gasteiger charge is 2.13. The van der Waals surface area contributed by atoms with E-state index in [1.807, 2.05) is 24.3 Å². The Kier molecular flexibility index (Phi) is 3.50. The van der Waals surface area contributed by atoms with Crippen molar-refractivity contribution in [2.75, 3.05) is 0 Å². The van der Waals surface area contributed by atoms with Crippen LogP contribution in [0.5, 0.6) is 0 Å². The van der Waals surface area contributed by atoms with Gasteiger partial charge in [0.15, 0.2) is 0 Å².